The van der Waals surface area contributed by atoms with Crippen molar-refractivity contribution < 1.29 is 0 Å². The van der Waals surface area contributed by atoms with Crippen molar-refractivity contribution in [2.45, 2.75) is 25.8 Å². The molecule has 1 nitrogen and oxygen atoms in total. The molecule has 0 amide bonds. The zero-order valence-electron chi connectivity index (χ0n) is 7.97. The van der Waals surface area contributed by atoms with Crippen molar-refractivity contribution in [3.8, 4) is 0 Å². The third kappa shape index (κ3) is 4.30. The van der Waals surface area contributed by atoms with Crippen LogP contribution in [0.2, 0.25) is 0 Å². The van der Waals surface area contributed by atoms with Crippen molar-refractivity contribution in [2.24, 2.45) is 5.73 Å². The normalized spacial score (nSPS) is 12.0. The van der Waals surface area contributed by atoms with E-state index in [-0.39, 0.29) is 18.4 Å². The Morgan fingerprint density at radius 3 is 2.14 bits per heavy atom. The van der Waals surface area contributed by atoms with Crippen molar-refractivity contribution in [2.75, 3.05) is 0 Å². The lowest BCUT2D eigenvalue weighted by Crippen LogP contribution is -2.09. The van der Waals surface area contributed by atoms with Crippen LogP contribution in [0.5, 0.6) is 0 Å². The van der Waals surface area contributed by atoms with Crippen molar-refractivity contribution in [3.05, 3.63) is 32.7 Å². The molecule has 1 aromatic rings. The lowest BCUT2D eigenvalue weighted by molar-refractivity contribution is 0.638. The van der Waals surface area contributed by atoms with Gasteiger partial charge in [-0.15, -0.1) is 12.4 Å². The summed E-state index contributed by atoms with van der Waals surface area (Å²) in [6, 6.07) is 6.32. The summed E-state index contributed by atoms with van der Waals surface area (Å²) in [5.74, 6) is 0. The molecule has 0 unspecified atom stereocenters. The van der Waals surface area contributed by atoms with E-state index in [1.807, 2.05) is 6.07 Å². The summed E-state index contributed by atoms with van der Waals surface area (Å²) in [5.41, 5.74) is 7.19. The summed E-state index contributed by atoms with van der Waals surface area (Å²) >= 11 is 6.89. The highest BCUT2D eigenvalue weighted by molar-refractivity contribution is 9.11. The standard InChI is InChI=1S/C10H13Br2N.ClH/c1-2-3-10(13)7-4-8(11)6-9(12)5-7;/h4-6,10H,2-3,13H2,1H3;1H/t10-;/m0./s1. The van der Waals surface area contributed by atoms with Gasteiger partial charge in [-0.25, -0.2) is 0 Å². The van der Waals surface area contributed by atoms with Crippen molar-refractivity contribution in [3.63, 3.8) is 0 Å². The van der Waals surface area contributed by atoms with Crippen LogP contribution in [0, 0.1) is 0 Å². The van der Waals surface area contributed by atoms with Gasteiger partial charge in [0.25, 0.3) is 0 Å². The molecule has 1 rings (SSSR count). The molecule has 0 fully saturated rings. The number of rotatable bonds is 3. The van der Waals surface area contributed by atoms with E-state index in [2.05, 4.69) is 50.9 Å². The summed E-state index contributed by atoms with van der Waals surface area (Å²) in [6.07, 6.45) is 2.15. The maximum absolute atomic E-state index is 6.00. The van der Waals surface area contributed by atoms with E-state index in [0.717, 1.165) is 21.8 Å². The molecule has 0 aliphatic rings. The van der Waals surface area contributed by atoms with Gasteiger partial charge in [-0.05, 0) is 30.2 Å². The van der Waals surface area contributed by atoms with Gasteiger partial charge >= 0.3 is 0 Å². The molecule has 0 aromatic heterocycles. The second-order valence-electron chi connectivity index (χ2n) is 3.10. The predicted molar refractivity (Wildman–Crippen MR) is 70.9 cm³/mol. The first-order valence-corrected chi connectivity index (χ1v) is 5.93. The third-order valence-corrected chi connectivity index (χ3v) is 2.83. The van der Waals surface area contributed by atoms with Crippen LogP contribution in [0.15, 0.2) is 27.1 Å². The molecule has 0 aliphatic heterocycles. The highest BCUT2D eigenvalue weighted by atomic mass is 79.9. The van der Waals surface area contributed by atoms with Gasteiger partial charge in [0.2, 0.25) is 0 Å². The van der Waals surface area contributed by atoms with Crippen LogP contribution in [-0.4, -0.2) is 0 Å². The first-order valence-electron chi connectivity index (χ1n) is 4.35. The number of halogens is 3. The van der Waals surface area contributed by atoms with Crippen LogP contribution in [0.3, 0.4) is 0 Å². The zero-order valence-corrected chi connectivity index (χ0v) is 12.0. The van der Waals surface area contributed by atoms with Gasteiger partial charge in [-0.1, -0.05) is 45.2 Å². The summed E-state index contributed by atoms with van der Waals surface area (Å²) in [4.78, 5) is 0. The largest absolute Gasteiger partial charge is 0.324 e. The van der Waals surface area contributed by atoms with Gasteiger partial charge in [0, 0.05) is 15.0 Å². The van der Waals surface area contributed by atoms with Crippen LogP contribution < -0.4 is 5.73 Å². The maximum Gasteiger partial charge on any atom is 0.0295 e. The van der Waals surface area contributed by atoms with Gasteiger partial charge in [0.05, 0.1) is 0 Å². The topological polar surface area (TPSA) is 26.0 Å². The minimum Gasteiger partial charge on any atom is -0.324 e. The second kappa shape index (κ2) is 6.83. The molecule has 0 saturated carbocycles. The van der Waals surface area contributed by atoms with E-state index in [4.69, 9.17) is 5.73 Å². The van der Waals surface area contributed by atoms with E-state index < -0.39 is 0 Å². The lowest BCUT2D eigenvalue weighted by atomic mass is 10.0. The Labute approximate surface area is 108 Å². The first-order chi connectivity index (χ1) is 6.13. The number of nitrogens with two attached hydrogens (primary N) is 1. The highest BCUT2D eigenvalue weighted by Crippen LogP contribution is 2.24. The molecule has 0 spiro atoms. The average Bonchev–Trinajstić information content (AvgIpc) is 2.03. The van der Waals surface area contributed by atoms with E-state index in [0.29, 0.717) is 0 Å². The van der Waals surface area contributed by atoms with E-state index in [1.165, 1.54) is 5.56 Å². The molecular weight excluding hydrogens is 329 g/mol. The SMILES string of the molecule is CCC[C@H](N)c1cc(Br)cc(Br)c1.Cl. The average molecular weight is 343 g/mol. The minimum atomic E-state index is 0. The molecule has 2 N–H and O–H groups in total. The Kier molecular flexibility index (Phi) is 7.04. The fourth-order valence-corrected chi connectivity index (χ4v) is 2.60. The molecule has 4 heteroatoms. The molecule has 1 aromatic carbocycles. The molecule has 0 saturated heterocycles. The van der Waals surface area contributed by atoms with E-state index in [1.54, 1.807) is 0 Å². The van der Waals surface area contributed by atoms with Crippen LogP contribution in [-0.2, 0) is 0 Å². The maximum atomic E-state index is 6.00. The number of hydrogen-bond donors (Lipinski definition) is 1. The van der Waals surface area contributed by atoms with Gasteiger partial charge in [-0.3, -0.25) is 0 Å². The molecular formula is C10H14Br2ClN. The van der Waals surface area contributed by atoms with Gasteiger partial charge in [0.1, 0.15) is 0 Å². The van der Waals surface area contributed by atoms with Crippen LogP contribution in [0.4, 0.5) is 0 Å². The third-order valence-electron chi connectivity index (χ3n) is 1.91. The second-order valence-corrected chi connectivity index (χ2v) is 4.93. The van der Waals surface area contributed by atoms with Crippen molar-refractivity contribution in [1.29, 1.82) is 0 Å². The van der Waals surface area contributed by atoms with Crippen molar-refractivity contribution in [1.82, 2.24) is 0 Å². The van der Waals surface area contributed by atoms with Gasteiger partial charge < -0.3 is 5.73 Å². The monoisotopic (exact) mass is 341 g/mol. The molecule has 14 heavy (non-hydrogen) atoms. The van der Waals surface area contributed by atoms with Gasteiger partial charge in [-0.2, -0.15) is 0 Å². The molecule has 1 atom stereocenters. The zero-order chi connectivity index (χ0) is 9.84. The Hall–Kier alpha value is 0.430. The quantitative estimate of drug-likeness (QED) is 0.863. The Balaban J connectivity index is 0.00000169. The van der Waals surface area contributed by atoms with Crippen molar-refractivity contribution >= 4 is 44.3 Å². The van der Waals surface area contributed by atoms with Gasteiger partial charge in [0.15, 0.2) is 0 Å². The molecule has 80 valence electrons. The summed E-state index contributed by atoms with van der Waals surface area (Å²) < 4.78 is 2.15. The number of hydrogen-bond acceptors (Lipinski definition) is 1. The fraction of sp³-hybridized carbons (Fsp3) is 0.400. The van der Waals surface area contributed by atoms with Crippen LogP contribution in [0.25, 0.3) is 0 Å². The molecule has 0 radical (unpaired) electrons. The van der Waals surface area contributed by atoms with E-state index >= 15 is 0 Å². The molecule has 0 aliphatic carbocycles. The lowest BCUT2D eigenvalue weighted by Gasteiger charge is -2.11. The Morgan fingerprint density at radius 1 is 1.21 bits per heavy atom. The minimum absolute atomic E-state index is 0. The van der Waals surface area contributed by atoms with Crippen LogP contribution in [0.1, 0.15) is 31.4 Å². The van der Waals surface area contributed by atoms with Crippen LogP contribution >= 0.6 is 44.3 Å². The molecule has 0 heterocycles. The smallest absolute Gasteiger partial charge is 0.0295 e. The Morgan fingerprint density at radius 2 is 1.71 bits per heavy atom. The molecule has 0 bridgehead atoms. The first kappa shape index (κ1) is 14.4. The van der Waals surface area contributed by atoms with E-state index in [9.17, 15) is 0 Å². The summed E-state index contributed by atoms with van der Waals surface area (Å²) in [5, 5.41) is 0. The highest BCUT2D eigenvalue weighted by Gasteiger charge is 2.05. The summed E-state index contributed by atoms with van der Waals surface area (Å²) in [7, 11) is 0. The summed E-state index contributed by atoms with van der Waals surface area (Å²) in [6.45, 7) is 2.15. The number of benzene rings is 1. The fourth-order valence-electron chi connectivity index (χ4n) is 1.27. The predicted octanol–water partition coefficient (Wildman–Crippen LogP) is 4.43. The Bertz CT molecular complexity index is 271.